The fourth-order valence-electron chi connectivity index (χ4n) is 4.09. The number of carbonyl (C=O) groups excluding carboxylic acids is 2. The Balaban J connectivity index is 1.60. The summed E-state index contributed by atoms with van der Waals surface area (Å²) in [6, 6.07) is 15.5. The third kappa shape index (κ3) is 8.88. The summed E-state index contributed by atoms with van der Waals surface area (Å²) in [6.45, 7) is 4.85. The molecule has 248 valence electrons. The van der Waals surface area contributed by atoms with E-state index in [1.54, 1.807) is 36.4 Å². The molecule has 1 saturated heterocycles. The van der Waals surface area contributed by atoms with Crippen molar-refractivity contribution < 1.29 is 50.9 Å². The van der Waals surface area contributed by atoms with Gasteiger partial charge >= 0.3 is 31.5 Å². The summed E-state index contributed by atoms with van der Waals surface area (Å²) in [5.74, 6) is -4.91. The number of nitrogen functional groups attached to an aromatic ring is 1. The van der Waals surface area contributed by atoms with Crippen LogP contribution in [0.4, 0.5) is 19.4 Å². The van der Waals surface area contributed by atoms with Gasteiger partial charge in [0.25, 0.3) is 0 Å². The Kier molecular flexibility index (Phi) is 10.5. The Bertz CT molecular complexity index is 1620. The van der Waals surface area contributed by atoms with Gasteiger partial charge in [0.15, 0.2) is 0 Å². The number of carbonyl (C=O) groups is 2. The summed E-state index contributed by atoms with van der Waals surface area (Å²) in [4.78, 5) is 41.2. The summed E-state index contributed by atoms with van der Waals surface area (Å²) in [5, 5.41) is 2.43. The third-order valence-corrected chi connectivity index (χ3v) is 7.76. The molecule has 0 radical (unpaired) electrons. The van der Waals surface area contributed by atoms with Crippen LogP contribution < -0.4 is 25.8 Å². The lowest BCUT2D eigenvalue weighted by Gasteiger charge is -2.27. The lowest BCUT2D eigenvalue weighted by molar-refractivity contribution is -0.149. The molecule has 1 fully saturated rings. The molecule has 1 aliphatic rings. The number of halogens is 2. The van der Waals surface area contributed by atoms with Crippen LogP contribution in [0.1, 0.15) is 33.9 Å². The lowest BCUT2D eigenvalue weighted by Crippen LogP contribution is -2.45. The quantitative estimate of drug-likeness (QED) is 0.167. The molecule has 2 unspecified atom stereocenters. The number of esters is 1. The smallest absolute Gasteiger partial charge is 0.429 e. The fourth-order valence-corrected chi connectivity index (χ4v) is 5.60. The van der Waals surface area contributed by atoms with Crippen molar-refractivity contribution in [2.24, 2.45) is 0 Å². The van der Waals surface area contributed by atoms with Crippen molar-refractivity contribution >= 4 is 25.7 Å². The van der Waals surface area contributed by atoms with Crippen LogP contribution in [0.2, 0.25) is 0 Å². The van der Waals surface area contributed by atoms with E-state index in [1.165, 1.54) is 52.0 Å². The van der Waals surface area contributed by atoms with E-state index in [0.29, 0.717) is 4.57 Å². The van der Waals surface area contributed by atoms with Crippen LogP contribution in [0.15, 0.2) is 77.7 Å². The zero-order valence-electron chi connectivity index (χ0n) is 25.2. The van der Waals surface area contributed by atoms with Gasteiger partial charge in [-0.25, -0.2) is 18.9 Å². The minimum atomic E-state index is -4.60. The Morgan fingerprint density at radius 2 is 1.70 bits per heavy atom. The second-order valence-electron chi connectivity index (χ2n) is 11.0. The summed E-state index contributed by atoms with van der Waals surface area (Å²) < 4.78 is 78.1. The maximum Gasteiger partial charge on any atom is 0.509 e. The van der Waals surface area contributed by atoms with Crippen LogP contribution in [0.3, 0.4) is 0 Å². The van der Waals surface area contributed by atoms with Crippen molar-refractivity contribution in [3.8, 4) is 11.5 Å². The first-order valence-electron chi connectivity index (χ1n) is 13.9. The van der Waals surface area contributed by atoms with Crippen molar-refractivity contribution in [3.63, 3.8) is 0 Å². The van der Waals surface area contributed by atoms with Gasteiger partial charge in [-0.2, -0.15) is 18.9 Å². The SMILES string of the molecule is CC(NP(=O)(OC[C@H]1O[C@@H](n2ccc(N)nc2=O)C(F)(F)[C@@H]1OC(=O)OC(C)(C)C)Oc1ccccc1)C(=O)Oc1ccccc1. The second kappa shape index (κ2) is 14.0. The molecule has 0 spiro atoms. The van der Waals surface area contributed by atoms with Gasteiger partial charge in [0.2, 0.25) is 12.3 Å². The van der Waals surface area contributed by atoms with Gasteiger partial charge in [-0.1, -0.05) is 36.4 Å². The van der Waals surface area contributed by atoms with E-state index in [2.05, 4.69) is 10.1 Å². The minimum absolute atomic E-state index is 0.0403. The van der Waals surface area contributed by atoms with Crippen molar-refractivity contribution in [2.45, 2.75) is 63.7 Å². The number of para-hydroxylation sites is 2. The van der Waals surface area contributed by atoms with Crippen LogP contribution in [0.25, 0.3) is 0 Å². The van der Waals surface area contributed by atoms with Crippen LogP contribution in [-0.4, -0.2) is 58.1 Å². The highest BCUT2D eigenvalue weighted by Crippen LogP contribution is 2.49. The molecule has 14 nitrogen and oxygen atoms in total. The van der Waals surface area contributed by atoms with E-state index in [4.69, 9.17) is 33.7 Å². The first-order valence-corrected chi connectivity index (χ1v) is 15.4. The third-order valence-electron chi connectivity index (χ3n) is 6.11. The topological polar surface area (TPSA) is 180 Å². The normalized spacial score (nSPS) is 21.0. The highest BCUT2D eigenvalue weighted by atomic mass is 31.2. The number of hydrogen-bond donors (Lipinski definition) is 2. The second-order valence-corrected chi connectivity index (χ2v) is 12.7. The number of ether oxygens (including phenoxy) is 4. The molecule has 1 aromatic heterocycles. The zero-order chi connectivity index (χ0) is 33.7. The predicted molar refractivity (Wildman–Crippen MR) is 158 cm³/mol. The van der Waals surface area contributed by atoms with Gasteiger partial charge in [-0.15, -0.1) is 0 Å². The van der Waals surface area contributed by atoms with Gasteiger partial charge in [0.05, 0.1) is 6.61 Å². The molecule has 3 aromatic rings. The monoisotopic (exact) mass is 666 g/mol. The molecule has 0 amide bonds. The number of nitrogens with zero attached hydrogens (tertiary/aromatic N) is 2. The number of nitrogens with one attached hydrogen (secondary N) is 1. The number of anilines is 1. The molecule has 5 atom stereocenters. The van der Waals surface area contributed by atoms with Crippen molar-refractivity contribution in [1.29, 1.82) is 0 Å². The Labute approximate surface area is 262 Å². The highest BCUT2D eigenvalue weighted by molar-refractivity contribution is 7.52. The Morgan fingerprint density at radius 3 is 2.28 bits per heavy atom. The number of alkyl halides is 2. The maximum absolute atomic E-state index is 15.9. The van der Waals surface area contributed by atoms with Gasteiger partial charge in [0.1, 0.15) is 35.1 Å². The van der Waals surface area contributed by atoms with Gasteiger partial charge < -0.3 is 29.2 Å². The van der Waals surface area contributed by atoms with E-state index in [1.807, 2.05) is 0 Å². The first kappa shape index (κ1) is 34.5. The molecule has 17 heteroatoms. The van der Waals surface area contributed by atoms with E-state index in [-0.39, 0.29) is 17.3 Å². The van der Waals surface area contributed by atoms with Crippen LogP contribution >= 0.6 is 7.75 Å². The molecule has 3 N–H and O–H groups in total. The van der Waals surface area contributed by atoms with Crippen LogP contribution in [0, 0.1) is 0 Å². The fraction of sp³-hybridized carbons (Fsp3) is 0.379. The largest absolute Gasteiger partial charge is 0.509 e. The summed E-state index contributed by atoms with van der Waals surface area (Å²) in [7, 11) is -4.60. The molecule has 2 heterocycles. The van der Waals surface area contributed by atoms with Gasteiger partial charge in [-0.3, -0.25) is 9.09 Å². The summed E-state index contributed by atoms with van der Waals surface area (Å²) >= 11 is 0. The van der Waals surface area contributed by atoms with E-state index >= 15 is 8.78 Å². The maximum atomic E-state index is 15.9. The molecular formula is C29H33F2N4O10P. The molecule has 2 aromatic carbocycles. The van der Waals surface area contributed by atoms with E-state index < -0.39 is 68.2 Å². The van der Waals surface area contributed by atoms with Crippen molar-refractivity contribution in [2.75, 3.05) is 12.3 Å². The van der Waals surface area contributed by atoms with Crippen molar-refractivity contribution in [3.05, 3.63) is 83.4 Å². The number of rotatable bonds is 11. The van der Waals surface area contributed by atoms with E-state index in [0.717, 1.165) is 12.3 Å². The molecule has 0 bridgehead atoms. The van der Waals surface area contributed by atoms with Gasteiger partial charge in [-0.05, 0) is 58.0 Å². The summed E-state index contributed by atoms with van der Waals surface area (Å²) in [6.07, 6.45) is -7.15. The predicted octanol–water partition coefficient (Wildman–Crippen LogP) is 4.47. The molecule has 0 aliphatic carbocycles. The van der Waals surface area contributed by atoms with E-state index in [9.17, 15) is 18.9 Å². The zero-order valence-corrected chi connectivity index (χ0v) is 26.1. The molecule has 1 aliphatic heterocycles. The molecule has 46 heavy (non-hydrogen) atoms. The van der Waals surface area contributed by atoms with Crippen LogP contribution in [0.5, 0.6) is 11.5 Å². The number of hydrogen-bond acceptors (Lipinski definition) is 12. The highest BCUT2D eigenvalue weighted by Gasteiger charge is 2.63. The Hall–Kier alpha value is -4.37. The molecule has 4 rings (SSSR count). The lowest BCUT2D eigenvalue weighted by atomic mass is 10.1. The number of benzene rings is 2. The first-order chi connectivity index (χ1) is 21.6. The Morgan fingerprint density at radius 1 is 1.09 bits per heavy atom. The average molecular weight is 667 g/mol. The molecular weight excluding hydrogens is 633 g/mol. The van der Waals surface area contributed by atoms with Gasteiger partial charge in [0, 0.05) is 6.20 Å². The standard InChI is InChI=1S/C29H33F2N4O10P/c1-18(24(36)41-19-11-7-5-8-12-19)34-46(39,45-20-13-9-6-10-14-20)40-17-21-23(43-27(38)44-28(2,3)4)29(30,31)25(42-21)35-16-15-22(32)33-26(35)37/h5-16,18,21,23,25H,17H2,1-4H3,(H,34,39)(H2,32,33,37)/t18?,21-,23-,25-,46?/m1/s1. The summed E-state index contributed by atoms with van der Waals surface area (Å²) in [5.41, 5.74) is 3.21. The number of nitrogens with two attached hydrogens (primary N) is 1. The number of aromatic nitrogens is 2. The molecule has 0 saturated carbocycles. The van der Waals surface area contributed by atoms with Crippen molar-refractivity contribution in [1.82, 2.24) is 14.6 Å². The van der Waals surface area contributed by atoms with Crippen LogP contribution in [-0.2, 0) is 28.1 Å². The average Bonchev–Trinajstić information content (AvgIpc) is 3.20. The minimum Gasteiger partial charge on any atom is -0.429 e.